The predicted octanol–water partition coefficient (Wildman–Crippen LogP) is 0.801. The molecular formula is C16H27NO7. The maximum Gasteiger partial charge on any atom is 0.326 e. The molecule has 3 N–H and O–H groups in total. The van der Waals surface area contributed by atoms with E-state index in [1.165, 1.54) is 7.11 Å². The minimum absolute atomic E-state index is 0.0964. The van der Waals surface area contributed by atoms with Gasteiger partial charge in [0, 0.05) is 25.9 Å². The van der Waals surface area contributed by atoms with Crippen molar-refractivity contribution in [2.45, 2.75) is 63.8 Å². The summed E-state index contributed by atoms with van der Waals surface area (Å²) in [5, 5.41) is 19.8. The molecule has 0 radical (unpaired) electrons. The van der Waals surface area contributed by atoms with Crippen LogP contribution >= 0.6 is 0 Å². The Morgan fingerprint density at radius 1 is 1.00 bits per heavy atom. The number of hydrogen-bond acceptors (Lipinski definition) is 6. The van der Waals surface area contributed by atoms with E-state index in [0.717, 1.165) is 25.7 Å². The van der Waals surface area contributed by atoms with Crippen LogP contribution in [0.2, 0.25) is 0 Å². The second-order valence-corrected chi connectivity index (χ2v) is 5.53. The molecule has 1 amide bonds. The van der Waals surface area contributed by atoms with Gasteiger partial charge in [0.25, 0.3) is 0 Å². The zero-order valence-electron chi connectivity index (χ0n) is 14.1. The van der Waals surface area contributed by atoms with Crippen LogP contribution in [-0.2, 0) is 23.9 Å². The fourth-order valence-electron chi connectivity index (χ4n) is 2.12. The Morgan fingerprint density at radius 2 is 1.58 bits per heavy atom. The van der Waals surface area contributed by atoms with Gasteiger partial charge >= 0.3 is 11.9 Å². The molecule has 0 heterocycles. The van der Waals surface area contributed by atoms with E-state index >= 15 is 0 Å². The number of aliphatic carboxylic acids is 1. The number of rotatable bonds is 14. The van der Waals surface area contributed by atoms with E-state index in [1.807, 2.05) is 0 Å². The van der Waals surface area contributed by atoms with Gasteiger partial charge < -0.3 is 20.3 Å². The van der Waals surface area contributed by atoms with Crippen molar-refractivity contribution in [3.05, 3.63) is 0 Å². The molecule has 0 unspecified atom stereocenters. The zero-order valence-corrected chi connectivity index (χ0v) is 14.1. The molecule has 0 aromatic heterocycles. The zero-order chi connectivity index (χ0) is 18.4. The number of unbranched alkanes of at least 4 members (excludes halogenated alkanes) is 4. The molecule has 0 aliphatic rings. The third-order valence-electron chi connectivity index (χ3n) is 3.47. The first-order chi connectivity index (χ1) is 11.4. The van der Waals surface area contributed by atoms with Gasteiger partial charge in [0.1, 0.15) is 11.8 Å². The van der Waals surface area contributed by atoms with Crippen LogP contribution in [0, 0.1) is 0 Å². The number of aliphatic hydroxyl groups is 1. The van der Waals surface area contributed by atoms with E-state index in [0.29, 0.717) is 12.8 Å². The summed E-state index contributed by atoms with van der Waals surface area (Å²) in [6, 6.07) is -1.18. The van der Waals surface area contributed by atoms with Crippen LogP contribution in [0.15, 0.2) is 0 Å². The van der Waals surface area contributed by atoms with Gasteiger partial charge in [-0.05, 0) is 12.8 Å². The third kappa shape index (κ3) is 11.6. The number of carbonyl (C=O) groups is 4. The summed E-state index contributed by atoms with van der Waals surface area (Å²) >= 11 is 0. The Hall–Kier alpha value is -1.96. The fraction of sp³-hybridized carbons (Fsp3) is 0.750. The van der Waals surface area contributed by atoms with Crippen LogP contribution in [-0.4, -0.2) is 53.6 Å². The number of nitrogens with one attached hydrogen (secondary N) is 1. The molecule has 24 heavy (non-hydrogen) atoms. The molecule has 0 bridgehead atoms. The van der Waals surface area contributed by atoms with Crippen LogP contribution in [0.5, 0.6) is 0 Å². The van der Waals surface area contributed by atoms with Crippen molar-refractivity contribution in [3.8, 4) is 0 Å². The second-order valence-electron chi connectivity index (χ2n) is 5.53. The number of carboxylic acid groups (broad SMARTS) is 1. The highest BCUT2D eigenvalue weighted by atomic mass is 16.5. The molecule has 1 atom stereocenters. The van der Waals surface area contributed by atoms with Crippen LogP contribution in [0.4, 0.5) is 0 Å². The summed E-state index contributed by atoms with van der Waals surface area (Å²) in [4.78, 5) is 45.0. The largest absolute Gasteiger partial charge is 0.480 e. The second kappa shape index (κ2) is 13.5. The number of esters is 1. The van der Waals surface area contributed by atoms with Crippen molar-refractivity contribution < 1.29 is 34.1 Å². The summed E-state index contributed by atoms with van der Waals surface area (Å²) in [6.07, 6.45) is 4.23. The van der Waals surface area contributed by atoms with Crippen molar-refractivity contribution in [3.63, 3.8) is 0 Å². The lowest BCUT2D eigenvalue weighted by Gasteiger charge is -2.12. The number of ketones is 1. The first-order valence-electron chi connectivity index (χ1n) is 8.12. The van der Waals surface area contributed by atoms with Gasteiger partial charge in [-0.1, -0.05) is 19.3 Å². The molecule has 0 saturated heterocycles. The molecule has 0 saturated carbocycles. The SMILES string of the molecule is COC(=O)CCCCCCCC(=O)CC(=O)N[C@@H](CCO)C(=O)O. The average molecular weight is 345 g/mol. The maximum atomic E-state index is 11.7. The van der Waals surface area contributed by atoms with E-state index in [4.69, 9.17) is 10.2 Å². The van der Waals surface area contributed by atoms with Gasteiger partial charge in [0.05, 0.1) is 13.5 Å². The average Bonchev–Trinajstić information content (AvgIpc) is 2.52. The Kier molecular flexibility index (Phi) is 12.4. The first kappa shape index (κ1) is 22.0. The summed E-state index contributed by atoms with van der Waals surface area (Å²) in [7, 11) is 1.35. The number of methoxy groups -OCH3 is 1. The van der Waals surface area contributed by atoms with Gasteiger partial charge in [-0.25, -0.2) is 4.79 Å². The van der Waals surface area contributed by atoms with Crippen LogP contribution in [0.3, 0.4) is 0 Å². The predicted molar refractivity (Wildman–Crippen MR) is 85.2 cm³/mol. The number of amides is 1. The number of carbonyl (C=O) groups excluding carboxylic acids is 3. The minimum Gasteiger partial charge on any atom is -0.480 e. The van der Waals surface area contributed by atoms with E-state index in [2.05, 4.69) is 10.1 Å². The number of carboxylic acids is 1. The molecule has 0 aromatic carbocycles. The third-order valence-corrected chi connectivity index (χ3v) is 3.47. The molecule has 0 aliphatic carbocycles. The Balaban J connectivity index is 3.76. The first-order valence-corrected chi connectivity index (χ1v) is 8.12. The molecule has 0 fully saturated rings. The van der Waals surface area contributed by atoms with Crippen LogP contribution in [0.1, 0.15) is 57.8 Å². The Labute approximate surface area is 141 Å². The summed E-state index contributed by atoms with van der Waals surface area (Å²) in [5.41, 5.74) is 0. The normalized spacial score (nSPS) is 11.6. The smallest absolute Gasteiger partial charge is 0.326 e. The molecule has 8 nitrogen and oxygen atoms in total. The summed E-state index contributed by atoms with van der Waals surface area (Å²) < 4.78 is 4.53. The number of Topliss-reactive ketones (excluding diaryl/α,β-unsaturated/α-hetero) is 1. The van der Waals surface area contributed by atoms with Crippen molar-refractivity contribution >= 4 is 23.6 Å². The standard InChI is InChI=1S/C16H27NO7/c1-24-15(21)8-6-4-2-3-5-7-12(19)11-14(20)17-13(9-10-18)16(22)23/h13,18H,2-11H2,1H3,(H,17,20)(H,22,23)/t13-/m0/s1. The highest BCUT2D eigenvalue weighted by molar-refractivity contribution is 5.99. The maximum absolute atomic E-state index is 11.7. The van der Waals surface area contributed by atoms with Gasteiger partial charge in [-0.3, -0.25) is 14.4 Å². The topological polar surface area (TPSA) is 130 Å². The highest BCUT2D eigenvalue weighted by Crippen LogP contribution is 2.09. The quantitative estimate of drug-likeness (QED) is 0.241. The summed E-state index contributed by atoms with van der Waals surface area (Å²) in [5.74, 6) is -2.34. The van der Waals surface area contributed by atoms with Crippen molar-refractivity contribution in [2.75, 3.05) is 13.7 Å². The summed E-state index contributed by atoms with van der Waals surface area (Å²) in [6.45, 7) is -0.360. The molecule has 8 heteroatoms. The van der Waals surface area contributed by atoms with Crippen molar-refractivity contribution in [1.29, 1.82) is 0 Å². The van der Waals surface area contributed by atoms with E-state index < -0.39 is 17.9 Å². The Morgan fingerprint density at radius 3 is 2.12 bits per heavy atom. The van der Waals surface area contributed by atoms with Gasteiger partial charge in [-0.15, -0.1) is 0 Å². The fourth-order valence-corrected chi connectivity index (χ4v) is 2.12. The van der Waals surface area contributed by atoms with E-state index in [1.54, 1.807) is 0 Å². The van der Waals surface area contributed by atoms with Gasteiger partial charge in [0.2, 0.25) is 5.91 Å². The molecule has 0 aromatic rings. The van der Waals surface area contributed by atoms with Gasteiger partial charge in [0.15, 0.2) is 0 Å². The number of hydrogen-bond donors (Lipinski definition) is 3. The number of aliphatic hydroxyl groups excluding tert-OH is 1. The molecule has 0 aliphatic heterocycles. The lowest BCUT2D eigenvalue weighted by molar-refractivity contribution is -0.143. The minimum atomic E-state index is -1.24. The number of ether oxygens (including phenoxy) is 1. The van der Waals surface area contributed by atoms with E-state index in [-0.39, 0.29) is 37.6 Å². The highest BCUT2D eigenvalue weighted by Gasteiger charge is 2.20. The molecule has 0 rings (SSSR count). The Bertz CT molecular complexity index is 423. The van der Waals surface area contributed by atoms with Crippen LogP contribution < -0.4 is 5.32 Å². The van der Waals surface area contributed by atoms with Gasteiger partial charge in [-0.2, -0.15) is 0 Å². The molecular weight excluding hydrogens is 318 g/mol. The molecule has 0 spiro atoms. The molecule has 138 valence electrons. The van der Waals surface area contributed by atoms with Crippen molar-refractivity contribution in [2.24, 2.45) is 0 Å². The van der Waals surface area contributed by atoms with Crippen molar-refractivity contribution in [1.82, 2.24) is 5.32 Å². The lowest BCUT2D eigenvalue weighted by atomic mass is 10.1. The van der Waals surface area contributed by atoms with E-state index in [9.17, 15) is 19.2 Å². The van der Waals surface area contributed by atoms with Crippen LogP contribution in [0.25, 0.3) is 0 Å². The lowest BCUT2D eigenvalue weighted by Crippen LogP contribution is -2.42. The monoisotopic (exact) mass is 345 g/mol.